The van der Waals surface area contributed by atoms with E-state index in [0.717, 1.165) is 0 Å². The Balaban J connectivity index is 1.27. The second-order valence-corrected chi connectivity index (χ2v) is 9.06. The van der Waals surface area contributed by atoms with Gasteiger partial charge in [0.1, 0.15) is 17.7 Å². The Kier molecular flexibility index (Phi) is 9.32. The van der Waals surface area contributed by atoms with Crippen LogP contribution in [0.2, 0.25) is 0 Å². The number of amides is 1. The van der Waals surface area contributed by atoms with E-state index >= 15 is 0 Å². The summed E-state index contributed by atoms with van der Waals surface area (Å²) in [5.41, 5.74) is 2.61. The molecule has 0 spiro atoms. The van der Waals surface area contributed by atoms with Gasteiger partial charge in [-0.3, -0.25) is 14.6 Å². The van der Waals surface area contributed by atoms with Crippen LogP contribution in [0.15, 0.2) is 60.9 Å². The fourth-order valence-corrected chi connectivity index (χ4v) is 3.93. The molecule has 41 heavy (non-hydrogen) atoms. The maximum absolute atomic E-state index is 14.4. The monoisotopic (exact) mass is 571 g/mol. The highest BCUT2D eigenvalue weighted by atomic mass is 19.4. The number of nitrogens with one attached hydrogen (secondary N) is 1. The minimum atomic E-state index is -4.80. The first-order valence-corrected chi connectivity index (χ1v) is 12.5. The van der Waals surface area contributed by atoms with Gasteiger partial charge in [0.15, 0.2) is 5.69 Å². The number of aromatic nitrogens is 6. The van der Waals surface area contributed by atoms with E-state index in [2.05, 4.69) is 35.5 Å². The minimum Gasteiger partial charge on any atom is -0.406 e. The smallest absolute Gasteiger partial charge is 0.406 e. The highest BCUT2D eigenvalue weighted by Crippen LogP contribution is 2.28. The third-order valence-corrected chi connectivity index (χ3v) is 5.85. The Hall–Kier alpha value is -4.75. The maximum atomic E-state index is 14.4. The molecule has 1 atom stereocenters. The van der Waals surface area contributed by atoms with Crippen molar-refractivity contribution >= 4 is 11.7 Å². The molecule has 0 fully saturated rings. The number of hydrogen-bond donors (Lipinski definition) is 1. The predicted molar refractivity (Wildman–Crippen MR) is 137 cm³/mol. The molecule has 1 N–H and O–H groups in total. The zero-order valence-electron chi connectivity index (χ0n) is 21.8. The molecular formula is C27H25F4N7O3. The standard InChI is InChI=1S/C27H25F4N7O3/c1-32-26(40)25-16-38(37-36-25)15-19(28)5-6-20-7-8-21(35-34-20)13-23(39)14-22-11-18(9-10-33-22)17-3-2-4-24(12-17)41-27(29,30)31/h2-4,7-12,16,19H,5-6,13-15H2,1H3,(H,32,40)/t19-/m1/s1. The quantitative estimate of drug-likeness (QED) is 0.255. The number of benzene rings is 1. The van der Waals surface area contributed by atoms with Crippen LogP contribution in [0.1, 0.15) is 34.0 Å². The number of halogens is 4. The number of aryl methyl sites for hydroxylation is 1. The van der Waals surface area contributed by atoms with Gasteiger partial charge in [-0.25, -0.2) is 9.07 Å². The zero-order valence-corrected chi connectivity index (χ0v) is 21.8. The second-order valence-electron chi connectivity index (χ2n) is 9.06. The summed E-state index contributed by atoms with van der Waals surface area (Å²) in [4.78, 5) is 28.4. The van der Waals surface area contributed by atoms with Crippen molar-refractivity contribution in [1.82, 2.24) is 35.5 Å². The largest absolute Gasteiger partial charge is 0.573 e. The number of hydrogen-bond acceptors (Lipinski definition) is 8. The summed E-state index contributed by atoms with van der Waals surface area (Å²) in [5.74, 6) is -0.937. The molecule has 1 amide bonds. The fraction of sp³-hybridized carbons (Fsp3) is 0.296. The minimum absolute atomic E-state index is 0.000197. The summed E-state index contributed by atoms with van der Waals surface area (Å²) in [6, 6.07) is 12.1. The van der Waals surface area contributed by atoms with Crippen LogP contribution in [0, 0.1) is 0 Å². The number of rotatable bonds is 12. The summed E-state index contributed by atoms with van der Waals surface area (Å²) >= 11 is 0. The van der Waals surface area contributed by atoms with E-state index in [0.29, 0.717) is 34.6 Å². The lowest BCUT2D eigenvalue weighted by Gasteiger charge is -2.10. The van der Waals surface area contributed by atoms with E-state index in [4.69, 9.17) is 0 Å². The molecule has 14 heteroatoms. The van der Waals surface area contributed by atoms with E-state index in [1.54, 1.807) is 30.3 Å². The Morgan fingerprint density at radius 3 is 2.44 bits per heavy atom. The van der Waals surface area contributed by atoms with Crippen LogP contribution in [0.25, 0.3) is 11.1 Å². The normalized spacial score (nSPS) is 12.1. The van der Waals surface area contributed by atoms with Crippen molar-refractivity contribution < 1.29 is 31.9 Å². The first kappa shape index (κ1) is 29.2. The molecule has 214 valence electrons. The summed E-state index contributed by atoms with van der Waals surface area (Å²) in [5, 5.41) is 18.0. The van der Waals surface area contributed by atoms with Gasteiger partial charge in [0, 0.05) is 25.4 Å². The lowest BCUT2D eigenvalue weighted by Crippen LogP contribution is -2.18. The Morgan fingerprint density at radius 2 is 1.71 bits per heavy atom. The molecule has 0 unspecified atom stereocenters. The van der Waals surface area contributed by atoms with Crippen molar-refractivity contribution in [2.75, 3.05) is 7.05 Å². The van der Waals surface area contributed by atoms with Gasteiger partial charge in [-0.05, 0) is 60.4 Å². The average Bonchev–Trinajstić information content (AvgIpc) is 3.40. The molecule has 0 aliphatic carbocycles. The molecule has 3 heterocycles. The first-order valence-electron chi connectivity index (χ1n) is 12.5. The molecule has 1 aromatic carbocycles. The molecule has 4 rings (SSSR count). The van der Waals surface area contributed by atoms with Gasteiger partial charge in [0.25, 0.3) is 5.91 Å². The molecule has 0 bridgehead atoms. The van der Waals surface area contributed by atoms with Crippen LogP contribution in [-0.4, -0.2) is 61.4 Å². The third-order valence-electron chi connectivity index (χ3n) is 5.85. The van der Waals surface area contributed by atoms with Crippen LogP contribution >= 0.6 is 0 Å². The Labute approximate surface area is 231 Å². The van der Waals surface area contributed by atoms with Gasteiger partial charge >= 0.3 is 6.36 Å². The summed E-state index contributed by atoms with van der Waals surface area (Å²) in [6.45, 7) is -0.0635. The van der Waals surface area contributed by atoms with Gasteiger partial charge < -0.3 is 10.1 Å². The molecule has 10 nitrogen and oxygen atoms in total. The van der Waals surface area contributed by atoms with Gasteiger partial charge in [-0.1, -0.05) is 17.3 Å². The average molecular weight is 572 g/mol. The molecule has 0 saturated heterocycles. The van der Waals surface area contributed by atoms with Gasteiger partial charge in [-0.15, -0.1) is 18.3 Å². The van der Waals surface area contributed by atoms with Crippen LogP contribution in [-0.2, 0) is 30.6 Å². The molecule has 0 aliphatic rings. The summed E-state index contributed by atoms with van der Waals surface area (Å²) in [6.07, 6.45) is -2.76. The van der Waals surface area contributed by atoms with Crippen LogP contribution in [0.4, 0.5) is 17.6 Å². The first-order chi connectivity index (χ1) is 19.6. The van der Waals surface area contributed by atoms with Crippen molar-refractivity contribution in [3.8, 4) is 16.9 Å². The molecule has 0 saturated carbocycles. The van der Waals surface area contributed by atoms with E-state index < -0.39 is 18.4 Å². The second kappa shape index (κ2) is 13.1. The van der Waals surface area contributed by atoms with E-state index in [-0.39, 0.29) is 43.0 Å². The Morgan fingerprint density at radius 1 is 0.976 bits per heavy atom. The summed E-state index contributed by atoms with van der Waals surface area (Å²) in [7, 11) is 1.46. The highest BCUT2D eigenvalue weighted by molar-refractivity contribution is 5.91. The van der Waals surface area contributed by atoms with Gasteiger partial charge in [0.2, 0.25) is 0 Å². The number of pyridine rings is 1. The van der Waals surface area contributed by atoms with Crippen LogP contribution in [0.3, 0.4) is 0 Å². The van der Waals surface area contributed by atoms with E-state index in [9.17, 15) is 27.2 Å². The number of Topliss-reactive ketones (excluding diaryl/α,β-unsaturated/α-hetero) is 1. The summed E-state index contributed by atoms with van der Waals surface area (Å²) < 4.78 is 57.3. The van der Waals surface area contributed by atoms with Crippen LogP contribution < -0.4 is 10.1 Å². The van der Waals surface area contributed by atoms with E-state index in [1.165, 1.54) is 42.3 Å². The molecule has 3 aromatic heterocycles. The van der Waals surface area contributed by atoms with Gasteiger partial charge in [-0.2, -0.15) is 10.2 Å². The number of carbonyl (C=O) groups excluding carboxylic acids is 2. The zero-order chi connectivity index (χ0) is 29.4. The fourth-order valence-electron chi connectivity index (χ4n) is 3.93. The maximum Gasteiger partial charge on any atom is 0.573 e. The number of alkyl halides is 4. The number of nitrogens with zero attached hydrogens (tertiary/aromatic N) is 6. The number of ketones is 1. The van der Waals surface area contributed by atoms with Crippen molar-refractivity contribution in [3.05, 3.63) is 83.7 Å². The molecule has 0 radical (unpaired) electrons. The topological polar surface area (TPSA) is 125 Å². The lowest BCUT2D eigenvalue weighted by molar-refractivity contribution is -0.274. The van der Waals surface area contributed by atoms with Gasteiger partial charge in [0.05, 0.1) is 30.6 Å². The molecule has 0 aliphatic heterocycles. The molecular weight excluding hydrogens is 546 g/mol. The third kappa shape index (κ3) is 8.88. The SMILES string of the molecule is CNC(=O)c1cn(C[C@H](F)CCc2ccc(CC(=O)Cc3cc(-c4cccc(OC(F)(F)F)c4)ccn3)nn2)nn1. The Bertz CT molecular complexity index is 1490. The number of carbonyl (C=O) groups is 2. The van der Waals surface area contributed by atoms with Crippen molar-refractivity contribution in [1.29, 1.82) is 0 Å². The predicted octanol–water partition coefficient (Wildman–Crippen LogP) is 3.71. The number of ether oxygens (including phenoxy) is 1. The highest BCUT2D eigenvalue weighted by Gasteiger charge is 2.31. The molecule has 4 aromatic rings. The van der Waals surface area contributed by atoms with Crippen molar-refractivity contribution in [2.24, 2.45) is 0 Å². The van der Waals surface area contributed by atoms with Crippen molar-refractivity contribution in [3.63, 3.8) is 0 Å². The van der Waals surface area contributed by atoms with Crippen LogP contribution in [0.5, 0.6) is 5.75 Å². The lowest BCUT2D eigenvalue weighted by atomic mass is 10.0. The van der Waals surface area contributed by atoms with Crippen molar-refractivity contribution in [2.45, 2.75) is 44.8 Å². The van der Waals surface area contributed by atoms with E-state index in [1.807, 2.05) is 0 Å².